The van der Waals surface area contributed by atoms with Gasteiger partial charge in [0.15, 0.2) is 11.7 Å². The Labute approximate surface area is 144 Å². The minimum atomic E-state index is -0.368. The number of hydrogen-bond acceptors (Lipinski definition) is 4. The molecule has 0 aliphatic rings. The number of nitrogens with zero attached hydrogens (tertiary/aromatic N) is 2. The van der Waals surface area contributed by atoms with Crippen LogP contribution in [0.5, 0.6) is 0 Å². The third kappa shape index (κ3) is 4.29. The molecular formula is C19H18FN3O2. The number of rotatable bonds is 6. The molecule has 0 saturated carbocycles. The normalized spacial score (nSPS) is 11.9. The van der Waals surface area contributed by atoms with E-state index in [0.717, 1.165) is 5.69 Å². The summed E-state index contributed by atoms with van der Waals surface area (Å²) in [6.07, 6.45) is 3.74. The lowest BCUT2D eigenvalue weighted by molar-refractivity contribution is -0.121. The Morgan fingerprint density at radius 3 is 2.76 bits per heavy atom. The van der Waals surface area contributed by atoms with E-state index in [9.17, 15) is 9.18 Å². The van der Waals surface area contributed by atoms with Gasteiger partial charge in [-0.25, -0.2) is 9.37 Å². The van der Waals surface area contributed by atoms with Crippen molar-refractivity contribution in [3.05, 3.63) is 72.3 Å². The highest BCUT2D eigenvalue weighted by Gasteiger charge is 2.13. The van der Waals surface area contributed by atoms with E-state index >= 15 is 0 Å². The van der Waals surface area contributed by atoms with Crippen molar-refractivity contribution in [3.8, 4) is 11.3 Å². The van der Waals surface area contributed by atoms with Gasteiger partial charge in [-0.3, -0.25) is 9.78 Å². The molecule has 2 heterocycles. The van der Waals surface area contributed by atoms with E-state index in [1.807, 2.05) is 25.1 Å². The topological polar surface area (TPSA) is 68.0 Å². The number of carbonyl (C=O) groups excluding carboxylic acids is 1. The van der Waals surface area contributed by atoms with Crippen LogP contribution in [0.2, 0.25) is 0 Å². The van der Waals surface area contributed by atoms with Crippen molar-refractivity contribution in [3.63, 3.8) is 0 Å². The molecule has 0 bridgehead atoms. The van der Waals surface area contributed by atoms with E-state index in [1.54, 1.807) is 24.4 Å². The Hall–Kier alpha value is -3.02. The molecule has 25 heavy (non-hydrogen) atoms. The molecule has 5 nitrogen and oxygen atoms in total. The lowest BCUT2D eigenvalue weighted by Gasteiger charge is -2.12. The quantitative estimate of drug-likeness (QED) is 0.744. The van der Waals surface area contributed by atoms with Gasteiger partial charge in [-0.1, -0.05) is 18.2 Å². The van der Waals surface area contributed by atoms with Crippen LogP contribution >= 0.6 is 0 Å². The zero-order valence-electron chi connectivity index (χ0n) is 13.8. The van der Waals surface area contributed by atoms with Crippen LogP contribution in [0.1, 0.15) is 31.0 Å². The van der Waals surface area contributed by atoms with Crippen molar-refractivity contribution in [1.29, 1.82) is 0 Å². The van der Waals surface area contributed by atoms with Gasteiger partial charge in [0, 0.05) is 19.0 Å². The third-order valence-electron chi connectivity index (χ3n) is 3.77. The Morgan fingerprint density at radius 2 is 2.00 bits per heavy atom. The SMILES string of the molecule is CC(NC(=O)CCc1ncc(-c2ccccc2F)o1)c1ccccn1. The van der Waals surface area contributed by atoms with Crippen LogP contribution in [-0.4, -0.2) is 15.9 Å². The maximum atomic E-state index is 13.7. The highest BCUT2D eigenvalue weighted by molar-refractivity contribution is 5.76. The third-order valence-corrected chi connectivity index (χ3v) is 3.77. The number of oxazole rings is 1. The number of aryl methyl sites for hydroxylation is 1. The first-order chi connectivity index (χ1) is 12.1. The smallest absolute Gasteiger partial charge is 0.221 e. The predicted octanol–water partition coefficient (Wildman–Crippen LogP) is 3.69. The molecule has 1 N–H and O–H groups in total. The van der Waals surface area contributed by atoms with Gasteiger partial charge in [0.2, 0.25) is 5.91 Å². The summed E-state index contributed by atoms with van der Waals surface area (Å²) in [5.41, 5.74) is 1.16. The first-order valence-corrected chi connectivity index (χ1v) is 8.03. The lowest BCUT2D eigenvalue weighted by Crippen LogP contribution is -2.27. The average Bonchev–Trinajstić information content (AvgIpc) is 3.10. The number of carbonyl (C=O) groups is 1. The van der Waals surface area contributed by atoms with E-state index < -0.39 is 0 Å². The summed E-state index contributed by atoms with van der Waals surface area (Å²) in [4.78, 5) is 20.4. The first kappa shape index (κ1) is 16.8. The Bertz CT molecular complexity index is 849. The summed E-state index contributed by atoms with van der Waals surface area (Å²) in [6, 6.07) is 11.7. The molecule has 0 fully saturated rings. The fraction of sp³-hybridized carbons (Fsp3) is 0.211. The van der Waals surface area contributed by atoms with Gasteiger partial charge in [-0.2, -0.15) is 0 Å². The van der Waals surface area contributed by atoms with Crippen molar-refractivity contribution < 1.29 is 13.6 Å². The zero-order valence-corrected chi connectivity index (χ0v) is 13.8. The van der Waals surface area contributed by atoms with Gasteiger partial charge in [0.05, 0.1) is 23.5 Å². The van der Waals surface area contributed by atoms with Crippen molar-refractivity contribution in [2.45, 2.75) is 25.8 Å². The lowest BCUT2D eigenvalue weighted by atomic mass is 10.2. The number of halogens is 1. The highest BCUT2D eigenvalue weighted by atomic mass is 19.1. The molecule has 0 radical (unpaired) electrons. The maximum absolute atomic E-state index is 13.7. The molecule has 0 saturated heterocycles. The van der Waals surface area contributed by atoms with Gasteiger partial charge >= 0.3 is 0 Å². The van der Waals surface area contributed by atoms with Gasteiger partial charge in [-0.15, -0.1) is 0 Å². The van der Waals surface area contributed by atoms with E-state index in [-0.39, 0.29) is 24.2 Å². The Balaban J connectivity index is 1.55. The van der Waals surface area contributed by atoms with Crippen LogP contribution in [0.4, 0.5) is 4.39 Å². The summed E-state index contributed by atoms with van der Waals surface area (Å²) in [7, 11) is 0. The van der Waals surface area contributed by atoms with Gasteiger partial charge in [0.1, 0.15) is 5.82 Å². The number of pyridine rings is 1. The molecule has 6 heteroatoms. The second-order valence-corrected chi connectivity index (χ2v) is 5.64. The van der Waals surface area contributed by atoms with E-state index in [2.05, 4.69) is 15.3 Å². The minimum absolute atomic E-state index is 0.121. The summed E-state index contributed by atoms with van der Waals surface area (Å²) in [5, 5.41) is 2.88. The van der Waals surface area contributed by atoms with Crippen LogP contribution in [0.25, 0.3) is 11.3 Å². The second-order valence-electron chi connectivity index (χ2n) is 5.64. The minimum Gasteiger partial charge on any atom is -0.441 e. The second kappa shape index (κ2) is 7.70. The number of aromatic nitrogens is 2. The zero-order chi connectivity index (χ0) is 17.6. The molecular weight excluding hydrogens is 321 g/mol. The average molecular weight is 339 g/mol. The molecule has 0 aliphatic carbocycles. The van der Waals surface area contributed by atoms with Crippen LogP contribution in [0.15, 0.2) is 59.3 Å². The molecule has 1 atom stereocenters. The molecule has 2 aromatic heterocycles. The number of nitrogens with one attached hydrogen (secondary N) is 1. The monoisotopic (exact) mass is 339 g/mol. The predicted molar refractivity (Wildman–Crippen MR) is 91.0 cm³/mol. The van der Waals surface area contributed by atoms with Gasteiger partial charge < -0.3 is 9.73 Å². The summed E-state index contributed by atoms with van der Waals surface area (Å²) in [6.45, 7) is 1.88. The Morgan fingerprint density at radius 1 is 1.20 bits per heavy atom. The fourth-order valence-corrected chi connectivity index (χ4v) is 2.45. The largest absolute Gasteiger partial charge is 0.441 e. The van der Waals surface area contributed by atoms with Gasteiger partial charge in [-0.05, 0) is 31.2 Å². The first-order valence-electron chi connectivity index (χ1n) is 8.03. The van der Waals surface area contributed by atoms with Crippen molar-refractivity contribution in [1.82, 2.24) is 15.3 Å². The number of hydrogen-bond donors (Lipinski definition) is 1. The molecule has 1 unspecified atom stereocenters. The van der Waals surface area contributed by atoms with Crippen molar-refractivity contribution >= 4 is 5.91 Å². The Kier molecular flexibility index (Phi) is 5.18. The summed E-state index contributed by atoms with van der Waals surface area (Å²) < 4.78 is 19.3. The molecule has 3 aromatic rings. The van der Waals surface area contributed by atoms with Crippen LogP contribution in [0, 0.1) is 5.82 Å². The highest BCUT2D eigenvalue weighted by Crippen LogP contribution is 2.23. The van der Waals surface area contributed by atoms with E-state index in [1.165, 1.54) is 12.3 Å². The molecule has 1 aromatic carbocycles. The standard InChI is InChI=1S/C19H18FN3O2/c1-13(16-8-4-5-11-21-16)23-18(24)9-10-19-22-12-17(25-19)14-6-2-3-7-15(14)20/h2-8,11-13H,9-10H2,1H3,(H,23,24). The number of amides is 1. The van der Waals surface area contributed by atoms with Crippen LogP contribution < -0.4 is 5.32 Å². The van der Waals surface area contributed by atoms with Crippen molar-refractivity contribution in [2.24, 2.45) is 0 Å². The van der Waals surface area contributed by atoms with Gasteiger partial charge in [0.25, 0.3) is 0 Å². The van der Waals surface area contributed by atoms with E-state index in [0.29, 0.717) is 23.6 Å². The van der Waals surface area contributed by atoms with Crippen LogP contribution in [-0.2, 0) is 11.2 Å². The summed E-state index contributed by atoms with van der Waals surface area (Å²) >= 11 is 0. The molecule has 0 aliphatic heterocycles. The molecule has 1 amide bonds. The maximum Gasteiger partial charge on any atom is 0.221 e. The fourth-order valence-electron chi connectivity index (χ4n) is 2.45. The van der Waals surface area contributed by atoms with Crippen molar-refractivity contribution in [2.75, 3.05) is 0 Å². The summed E-state index contributed by atoms with van der Waals surface area (Å²) in [5.74, 6) is 0.269. The van der Waals surface area contributed by atoms with E-state index in [4.69, 9.17) is 4.42 Å². The molecule has 3 rings (SSSR count). The molecule has 0 spiro atoms. The molecule has 128 valence electrons. The number of benzene rings is 1. The van der Waals surface area contributed by atoms with Crippen LogP contribution in [0.3, 0.4) is 0 Å².